The SMILES string of the molecule is COc1cc(C[C@@H](O)[C@@H]2NC(=O)[C@@H]3C[C@@H](O)CN3C(=O)[C@H]([C@@H](C)O)NC(=O)C(NC(=O)OC(C)(C)C)C[C@@H](O)CNC(=O)[C@@H]3[C@@H](O)[C@@H](C)CN3C(=O)[C@H]([C@H](O)CCN(C(=O)OCC3c4ccccc4-c4ccccc43)C(CO)CO)NC2=O)ccc1O. The third kappa shape index (κ3) is 15.9. The Bertz CT molecular complexity index is 2930. The number of alkyl carbamates (subject to hydrolysis) is 1. The number of β-amino-alcohol motifs (C(OH)–C–C–N with tert-alkyl or cyclic N) is 1. The van der Waals surface area contributed by atoms with Gasteiger partial charge in [0.05, 0.1) is 63.0 Å². The average Bonchev–Trinajstić information content (AvgIpc) is 1.76. The number of benzene rings is 3. The van der Waals surface area contributed by atoms with E-state index in [0.29, 0.717) is 0 Å². The zero-order valence-electron chi connectivity index (χ0n) is 49.1. The highest BCUT2D eigenvalue weighted by atomic mass is 16.6. The number of rotatable bonds is 15. The average molecular weight is 1220 g/mol. The summed E-state index contributed by atoms with van der Waals surface area (Å²) in [6.07, 6.45) is -15.2. The van der Waals surface area contributed by atoms with Crippen molar-refractivity contribution in [3.8, 4) is 22.6 Å². The maximum absolute atomic E-state index is 15.3. The van der Waals surface area contributed by atoms with E-state index in [0.717, 1.165) is 43.9 Å². The number of hydrogen-bond acceptors (Lipinski definition) is 20. The maximum atomic E-state index is 15.3. The van der Waals surface area contributed by atoms with Gasteiger partial charge < -0.3 is 101 Å². The molecule has 4 aliphatic rings. The van der Waals surface area contributed by atoms with Crippen molar-refractivity contribution in [1.82, 2.24) is 41.3 Å². The Hall–Kier alpha value is -7.70. The van der Waals surface area contributed by atoms with E-state index < -0.39 is 209 Å². The monoisotopic (exact) mass is 1220 g/mol. The topological polar surface area (TPSA) is 416 Å². The Morgan fingerprint density at radius 2 is 1.37 bits per heavy atom. The summed E-state index contributed by atoms with van der Waals surface area (Å²) >= 11 is 0. The molecule has 3 fully saturated rings. The van der Waals surface area contributed by atoms with E-state index in [9.17, 15) is 74.7 Å². The van der Waals surface area contributed by atoms with Crippen LogP contribution in [0.5, 0.6) is 11.5 Å². The Kier molecular flexibility index (Phi) is 22.2. The van der Waals surface area contributed by atoms with Gasteiger partial charge in [-0.3, -0.25) is 28.8 Å². The zero-order chi connectivity index (χ0) is 63.8. The fourth-order valence-corrected chi connectivity index (χ4v) is 11.4. The van der Waals surface area contributed by atoms with Gasteiger partial charge in [0.2, 0.25) is 35.4 Å². The van der Waals surface area contributed by atoms with Crippen LogP contribution in [0.1, 0.15) is 76.5 Å². The van der Waals surface area contributed by atoms with Crippen molar-refractivity contribution in [2.75, 3.05) is 53.1 Å². The maximum Gasteiger partial charge on any atom is 0.410 e. The number of aliphatic hydroxyl groups excluding tert-OH is 8. The Morgan fingerprint density at radius 3 is 1.98 bits per heavy atom. The van der Waals surface area contributed by atoms with E-state index in [-0.39, 0.29) is 23.7 Å². The fourth-order valence-electron chi connectivity index (χ4n) is 11.4. The van der Waals surface area contributed by atoms with Gasteiger partial charge in [-0.1, -0.05) is 61.5 Å². The Balaban J connectivity index is 1.26. The number of nitrogens with one attached hydrogen (secondary N) is 5. The van der Waals surface area contributed by atoms with E-state index in [4.69, 9.17) is 14.2 Å². The standard InChI is InChI=1S/C59H80N8O20/c1-29-24-67-49(50(29)76)54(80)60-23-33(71)21-40(61-57(83)87-59(3,4)5)51(77)62-46(30(2)70)55(81)66-25-34(72)22-41(66)52(78)63-47(44(75)19-31-15-16-42(73)45(20-31)85-6)53(79)64-48(56(67)82)43(74)17-18-65(32(26-68)27-69)58(84)86-28-39-37-13-9-7-11-35(37)36-12-8-10-14-38(36)39/h7-16,20,29-30,32-34,39-41,43-44,46-50,68-76H,17-19,21-28H2,1-6H3,(H,60,80)(H,61,83)(H,62,77)(H,63,78)(H,64,79)/t29-,30+,33+,34+,40?,41-,43+,44+,46-,47-,48-,49-,50-/m0/s1. The number of aliphatic hydroxyl groups is 8. The first-order valence-corrected chi connectivity index (χ1v) is 28.7. The van der Waals surface area contributed by atoms with Crippen LogP contribution < -0.4 is 31.3 Å². The van der Waals surface area contributed by atoms with Crippen molar-refractivity contribution in [3.05, 3.63) is 83.4 Å². The molecule has 0 radical (unpaired) electrons. The summed E-state index contributed by atoms with van der Waals surface area (Å²) in [5.41, 5.74) is 2.70. The first kappa shape index (κ1) is 66.8. The molecule has 476 valence electrons. The molecule has 14 N–H and O–H groups in total. The van der Waals surface area contributed by atoms with E-state index in [2.05, 4.69) is 26.6 Å². The van der Waals surface area contributed by atoms with Gasteiger partial charge in [0.15, 0.2) is 11.5 Å². The smallest absolute Gasteiger partial charge is 0.410 e. The van der Waals surface area contributed by atoms with Crippen LogP contribution in [0, 0.1) is 5.92 Å². The van der Waals surface area contributed by atoms with Crippen molar-refractivity contribution >= 4 is 47.6 Å². The number of phenols is 1. The van der Waals surface area contributed by atoms with E-state index in [1.165, 1.54) is 53.0 Å². The first-order chi connectivity index (χ1) is 41.2. The molecule has 8 amide bonds. The minimum absolute atomic E-state index is 0.0541. The second kappa shape index (κ2) is 28.9. The third-order valence-electron chi connectivity index (χ3n) is 15.9. The summed E-state index contributed by atoms with van der Waals surface area (Å²) in [5, 5.41) is 113. The van der Waals surface area contributed by atoms with Crippen molar-refractivity contribution in [2.45, 2.75) is 151 Å². The summed E-state index contributed by atoms with van der Waals surface area (Å²) in [6.45, 7) is 3.06. The number of hydrogen-bond donors (Lipinski definition) is 14. The Morgan fingerprint density at radius 1 is 0.759 bits per heavy atom. The molecule has 3 aromatic rings. The minimum Gasteiger partial charge on any atom is -0.504 e. The quantitative estimate of drug-likeness (QED) is 0.0744. The van der Waals surface area contributed by atoms with Gasteiger partial charge in [-0.2, -0.15) is 0 Å². The van der Waals surface area contributed by atoms with Crippen LogP contribution in [-0.2, 0) is 44.7 Å². The highest BCUT2D eigenvalue weighted by Gasteiger charge is 2.50. The predicted molar refractivity (Wildman–Crippen MR) is 306 cm³/mol. The van der Waals surface area contributed by atoms with Gasteiger partial charge in [-0.25, -0.2) is 9.59 Å². The minimum atomic E-state index is -2.20. The Labute approximate surface area is 501 Å². The van der Waals surface area contributed by atoms with Crippen LogP contribution in [-0.4, -0.2) is 246 Å². The fraction of sp³-hybridized carbons (Fsp3) is 0.559. The van der Waals surface area contributed by atoms with Crippen LogP contribution in [0.2, 0.25) is 0 Å². The van der Waals surface area contributed by atoms with Gasteiger partial charge in [0.1, 0.15) is 48.5 Å². The van der Waals surface area contributed by atoms with Crippen LogP contribution in [0.4, 0.5) is 9.59 Å². The molecule has 3 aromatic carbocycles. The summed E-state index contributed by atoms with van der Waals surface area (Å²) in [5.74, 6) is -8.90. The number of aromatic hydroxyl groups is 1. The lowest BCUT2D eigenvalue weighted by atomic mass is 9.98. The van der Waals surface area contributed by atoms with Gasteiger partial charge in [-0.15, -0.1) is 0 Å². The van der Waals surface area contributed by atoms with Crippen molar-refractivity contribution in [1.29, 1.82) is 0 Å². The number of amides is 8. The van der Waals surface area contributed by atoms with Crippen LogP contribution in [0.15, 0.2) is 66.7 Å². The highest BCUT2D eigenvalue weighted by Crippen LogP contribution is 2.44. The number of phenolic OH excluding ortho intramolecular Hbond substituents is 1. The van der Waals surface area contributed by atoms with Gasteiger partial charge in [0, 0.05) is 57.3 Å². The van der Waals surface area contributed by atoms with Crippen LogP contribution in [0.3, 0.4) is 0 Å². The molecule has 3 aliphatic heterocycles. The lowest BCUT2D eigenvalue weighted by molar-refractivity contribution is -0.147. The molecule has 0 saturated carbocycles. The van der Waals surface area contributed by atoms with Crippen LogP contribution >= 0.6 is 0 Å². The largest absolute Gasteiger partial charge is 0.504 e. The lowest BCUT2D eigenvalue weighted by Crippen LogP contribution is -2.64. The van der Waals surface area contributed by atoms with E-state index in [1.807, 2.05) is 48.5 Å². The molecule has 87 heavy (non-hydrogen) atoms. The summed E-state index contributed by atoms with van der Waals surface area (Å²) in [4.78, 5) is 118. The zero-order valence-corrected chi connectivity index (χ0v) is 49.1. The number of ether oxygens (including phenoxy) is 3. The van der Waals surface area contributed by atoms with Crippen LogP contribution in [0.25, 0.3) is 11.1 Å². The molecule has 13 atom stereocenters. The van der Waals surface area contributed by atoms with Gasteiger partial charge in [-0.05, 0) is 74.1 Å². The molecule has 3 saturated heterocycles. The molecule has 3 heterocycles. The predicted octanol–water partition coefficient (Wildman–Crippen LogP) is -2.56. The molecule has 1 unspecified atom stereocenters. The van der Waals surface area contributed by atoms with Crippen molar-refractivity contribution < 1.29 is 98.5 Å². The number of nitrogens with zero attached hydrogens (tertiary/aromatic N) is 3. The molecule has 28 heteroatoms. The van der Waals surface area contributed by atoms with Crippen molar-refractivity contribution in [2.24, 2.45) is 5.92 Å². The number of fused-ring (bicyclic) bond motifs is 5. The van der Waals surface area contributed by atoms with E-state index >= 15 is 9.59 Å². The molecule has 0 spiro atoms. The number of carbonyl (C=O) groups is 8. The molecule has 7 rings (SSSR count). The number of carbonyl (C=O) groups excluding carboxylic acids is 8. The third-order valence-corrected chi connectivity index (χ3v) is 15.9. The summed E-state index contributed by atoms with van der Waals surface area (Å²) < 4.78 is 16.4. The highest BCUT2D eigenvalue weighted by molar-refractivity contribution is 5.98. The molecule has 0 aromatic heterocycles. The molecule has 28 nitrogen and oxygen atoms in total. The molecule has 1 aliphatic carbocycles. The molecular weight excluding hydrogens is 1140 g/mol. The van der Waals surface area contributed by atoms with E-state index in [1.54, 1.807) is 0 Å². The first-order valence-electron chi connectivity index (χ1n) is 28.7. The van der Waals surface area contributed by atoms with Gasteiger partial charge in [0.25, 0.3) is 0 Å². The van der Waals surface area contributed by atoms with Crippen molar-refractivity contribution in [3.63, 3.8) is 0 Å². The summed E-state index contributed by atoms with van der Waals surface area (Å²) in [7, 11) is 1.25. The molecular formula is C59H80N8O20. The second-order valence-corrected chi connectivity index (χ2v) is 23.5. The number of methoxy groups -OCH3 is 1. The van der Waals surface area contributed by atoms with Gasteiger partial charge >= 0.3 is 12.2 Å². The molecule has 0 bridgehead atoms. The normalized spacial score (nSPS) is 26.1. The second-order valence-electron chi connectivity index (χ2n) is 23.5. The lowest BCUT2D eigenvalue weighted by Gasteiger charge is -2.35. The summed E-state index contributed by atoms with van der Waals surface area (Å²) in [6, 6.07) is 6.01.